The third-order valence-corrected chi connectivity index (χ3v) is 6.98. The SMILES string of the molecule is CCCCCc1ccc(S(=O)(=O)NC2(CC(=O)OCC)CCN(C)CC2)cc1. The quantitative estimate of drug-likeness (QED) is 0.474. The molecule has 0 amide bonds. The van der Waals surface area contributed by atoms with Gasteiger partial charge in [0.1, 0.15) is 0 Å². The summed E-state index contributed by atoms with van der Waals surface area (Å²) in [6.07, 6.45) is 5.62. The molecule has 0 unspecified atom stereocenters. The maximum absolute atomic E-state index is 13.0. The Morgan fingerprint density at radius 2 is 1.79 bits per heavy atom. The number of ether oxygens (including phenoxy) is 1. The van der Waals surface area contributed by atoms with Crippen molar-refractivity contribution < 1.29 is 17.9 Å². The number of benzene rings is 1. The number of aryl methyl sites for hydroxylation is 1. The second-order valence-electron chi connectivity index (χ2n) is 7.77. The summed E-state index contributed by atoms with van der Waals surface area (Å²) in [5.41, 5.74) is 0.352. The van der Waals surface area contributed by atoms with Crippen molar-refractivity contribution in [2.75, 3.05) is 26.7 Å². The number of nitrogens with zero attached hydrogens (tertiary/aromatic N) is 1. The standard InChI is InChI=1S/C21H34N2O4S/c1-4-6-7-8-18-9-11-19(12-10-18)28(25,26)22-21(17-20(24)27-5-2)13-15-23(3)16-14-21/h9-12,22H,4-8,13-17H2,1-3H3. The molecule has 6 nitrogen and oxygen atoms in total. The predicted octanol–water partition coefficient (Wildman–Crippen LogP) is 3.12. The van der Waals surface area contributed by atoms with E-state index < -0.39 is 15.6 Å². The topological polar surface area (TPSA) is 75.7 Å². The predicted molar refractivity (Wildman–Crippen MR) is 111 cm³/mol. The minimum atomic E-state index is -3.71. The fourth-order valence-corrected chi connectivity index (χ4v) is 5.07. The molecule has 7 heteroatoms. The fourth-order valence-electron chi connectivity index (χ4n) is 3.61. The van der Waals surface area contributed by atoms with Crippen LogP contribution in [0.25, 0.3) is 0 Å². The summed E-state index contributed by atoms with van der Waals surface area (Å²) >= 11 is 0. The molecule has 1 N–H and O–H groups in total. The smallest absolute Gasteiger partial charge is 0.307 e. The van der Waals surface area contributed by atoms with Crippen molar-refractivity contribution in [3.05, 3.63) is 29.8 Å². The Balaban J connectivity index is 2.14. The van der Waals surface area contributed by atoms with Crippen LogP contribution in [0.1, 0.15) is 57.9 Å². The van der Waals surface area contributed by atoms with E-state index in [2.05, 4.69) is 16.5 Å². The summed E-state index contributed by atoms with van der Waals surface area (Å²) in [6, 6.07) is 7.10. The number of hydrogen-bond acceptors (Lipinski definition) is 5. The molecule has 1 fully saturated rings. The largest absolute Gasteiger partial charge is 0.466 e. The minimum absolute atomic E-state index is 0.0585. The molecule has 0 bridgehead atoms. The van der Waals surface area contributed by atoms with E-state index in [1.165, 1.54) is 6.42 Å². The Labute approximate surface area is 169 Å². The fraction of sp³-hybridized carbons (Fsp3) is 0.667. The normalized spacial score (nSPS) is 17.4. The van der Waals surface area contributed by atoms with Crippen molar-refractivity contribution in [1.82, 2.24) is 9.62 Å². The van der Waals surface area contributed by atoms with E-state index in [1.54, 1.807) is 19.1 Å². The van der Waals surface area contributed by atoms with Gasteiger partial charge in [-0.1, -0.05) is 31.9 Å². The average Bonchev–Trinajstić information content (AvgIpc) is 2.65. The van der Waals surface area contributed by atoms with Gasteiger partial charge in [0.15, 0.2) is 0 Å². The van der Waals surface area contributed by atoms with Gasteiger partial charge in [-0.2, -0.15) is 0 Å². The highest BCUT2D eigenvalue weighted by Gasteiger charge is 2.40. The lowest BCUT2D eigenvalue weighted by Gasteiger charge is -2.40. The lowest BCUT2D eigenvalue weighted by atomic mass is 9.85. The van der Waals surface area contributed by atoms with Crippen molar-refractivity contribution in [3.8, 4) is 0 Å². The van der Waals surface area contributed by atoms with Gasteiger partial charge >= 0.3 is 5.97 Å². The molecule has 0 radical (unpaired) electrons. The number of unbranched alkanes of at least 4 members (excludes halogenated alkanes) is 2. The van der Waals surface area contributed by atoms with E-state index in [-0.39, 0.29) is 17.3 Å². The number of carbonyl (C=O) groups is 1. The monoisotopic (exact) mass is 410 g/mol. The second kappa shape index (κ2) is 10.4. The molecule has 1 aromatic carbocycles. The van der Waals surface area contributed by atoms with Gasteiger partial charge in [-0.05, 0) is 70.4 Å². The van der Waals surface area contributed by atoms with Crippen LogP contribution < -0.4 is 4.72 Å². The van der Waals surface area contributed by atoms with Crippen LogP contribution in [-0.2, 0) is 26.0 Å². The Hall–Kier alpha value is -1.44. The Morgan fingerprint density at radius 1 is 1.14 bits per heavy atom. The highest BCUT2D eigenvalue weighted by atomic mass is 32.2. The third kappa shape index (κ3) is 6.57. The van der Waals surface area contributed by atoms with Crippen LogP contribution in [0.15, 0.2) is 29.2 Å². The zero-order valence-corrected chi connectivity index (χ0v) is 18.2. The van der Waals surface area contributed by atoms with E-state index in [4.69, 9.17) is 4.74 Å². The number of rotatable bonds is 10. The molecule has 1 aliphatic heterocycles. The minimum Gasteiger partial charge on any atom is -0.466 e. The molecule has 0 aliphatic carbocycles. The van der Waals surface area contributed by atoms with Crippen molar-refractivity contribution in [3.63, 3.8) is 0 Å². The third-order valence-electron chi connectivity index (χ3n) is 5.39. The first kappa shape index (κ1) is 22.8. The molecule has 1 saturated heterocycles. The number of nitrogens with one attached hydrogen (secondary N) is 1. The second-order valence-corrected chi connectivity index (χ2v) is 9.45. The van der Waals surface area contributed by atoms with Crippen LogP contribution >= 0.6 is 0 Å². The van der Waals surface area contributed by atoms with Gasteiger partial charge in [-0.15, -0.1) is 0 Å². The van der Waals surface area contributed by atoms with E-state index in [1.807, 2.05) is 19.2 Å². The number of likely N-dealkylation sites (tertiary alicyclic amines) is 1. The first-order chi connectivity index (χ1) is 13.3. The summed E-state index contributed by atoms with van der Waals surface area (Å²) in [4.78, 5) is 14.5. The molecule has 0 aromatic heterocycles. The molecule has 158 valence electrons. The maximum Gasteiger partial charge on any atom is 0.307 e. The zero-order chi connectivity index (χ0) is 20.6. The summed E-state index contributed by atoms with van der Waals surface area (Å²) in [7, 11) is -1.71. The van der Waals surface area contributed by atoms with Crippen LogP contribution in [-0.4, -0.2) is 51.6 Å². The highest BCUT2D eigenvalue weighted by molar-refractivity contribution is 7.89. The van der Waals surface area contributed by atoms with Gasteiger partial charge in [-0.25, -0.2) is 13.1 Å². The number of sulfonamides is 1. The summed E-state index contributed by atoms with van der Waals surface area (Å²) in [6.45, 7) is 5.68. The van der Waals surface area contributed by atoms with Crippen molar-refractivity contribution in [2.45, 2.75) is 69.2 Å². The summed E-state index contributed by atoms with van der Waals surface area (Å²) < 4.78 is 34.0. The Morgan fingerprint density at radius 3 is 2.36 bits per heavy atom. The van der Waals surface area contributed by atoms with E-state index in [0.717, 1.165) is 37.9 Å². The molecule has 1 aromatic rings. The number of carbonyl (C=O) groups excluding carboxylic acids is 1. The number of hydrogen-bond donors (Lipinski definition) is 1. The summed E-state index contributed by atoms with van der Waals surface area (Å²) in [5.74, 6) is -0.360. The van der Waals surface area contributed by atoms with Gasteiger partial charge < -0.3 is 9.64 Å². The van der Waals surface area contributed by atoms with Crippen molar-refractivity contribution in [2.24, 2.45) is 0 Å². The van der Waals surface area contributed by atoms with E-state index >= 15 is 0 Å². The van der Waals surface area contributed by atoms with Crippen molar-refractivity contribution >= 4 is 16.0 Å². The van der Waals surface area contributed by atoms with Gasteiger partial charge in [0.25, 0.3) is 0 Å². The first-order valence-corrected chi connectivity index (χ1v) is 11.8. The summed E-state index contributed by atoms with van der Waals surface area (Å²) in [5, 5.41) is 0. The highest BCUT2D eigenvalue weighted by Crippen LogP contribution is 2.28. The Bertz CT molecular complexity index is 723. The molecular weight excluding hydrogens is 376 g/mol. The van der Waals surface area contributed by atoms with Crippen molar-refractivity contribution in [1.29, 1.82) is 0 Å². The van der Waals surface area contributed by atoms with Gasteiger partial charge in [0, 0.05) is 5.54 Å². The number of piperidine rings is 1. The number of esters is 1. The molecule has 1 aliphatic rings. The van der Waals surface area contributed by atoms with Gasteiger partial charge in [0.05, 0.1) is 17.9 Å². The molecule has 2 rings (SSSR count). The lowest BCUT2D eigenvalue weighted by molar-refractivity contribution is -0.145. The lowest BCUT2D eigenvalue weighted by Crippen LogP contribution is -2.55. The zero-order valence-electron chi connectivity index (χ0n) is 17.4. The van der Waals surface area contributed by atoms with Crippen LogP contribution in [0.3, 0.4) is 0 Å². The Kier molecular flexibility index (Phi) is 8.46. The van der Waals surface area contributed by atoms with E-state index in [0.29, 0.717) is 19.4 Å². The molecule has 0 atom stereocenters. The van der Waals surface area contributed by atoms with Gasteiger partial charge in [0.2, 0.25) is 10.0 Å². The maximum atomic E-state index is 13.0. The molecular formula is C21H34N2O4S. The van der Waals surface area contributed by atoms with Crippen LogP contribution in [0, 0.1) is 0 Å². The molecule has 1 heterocycles. The first-order valence-electron chi connectivity index (χ1n) is 10.3. The molecule has 28 heavy (non-hydrogen) atoms. The van der Waals surface area contributed by atoms with Crippen LogP contribution in [0.4, 0.5) is 0 Å². The van der Waals surface area contributed by atoms with Gasteiger partial charge in [-0.3, -0.25) is 4.79 Å². The van der Waals surface area contributed by atoms with E-state index in [9.17, 15) is 13.2 Å². The van der Waals surface area contributed by atoms with Crippen LogP contribution in [0.2, 0.25) is 0 Å². The van der Waals surface area contributed by atoms with Crippen LogP contribution in [0.5, 0.6) is 0 Å². The molecule has 0 spiro atoms. The molecule has 0 saturated carbocycles. The average molecular weight is 411 g/mol.